The average Bonchev–Trinajstić information content (AvgIpc) is 3.39. The normalized spacial score (nSPS) is 13.8. The van der Waals surface area contributed by atoms with Gasteiger partial charge < -0.3 is 9.64 Å². The Morgan fingerprint density at radius 3 is 2.73 bits per heavy atom. The molecule has 0 unspecified atom stereocenters. The highest BCUT2D eigenvalue weighted by atomic mass is 32.2. The monoisotopic (exact) mass is 423 g/mol. The average molecular weight is 423 g/mol. The molecule has 0 radical (unpaired) electrons. The van der Waals surface area contributed by atoms with Crippen LogP contribution < -0.4 is 9.64 Å². The zero-order valence-corrected chi connectivity index (χ0v) is 17.7. The first-order valence-electron chi connectivity index (χ1n) is 9.53. The number of para-hydroxylation sites is 2. The summed E-state index contributed by atoms with van der Waals surface area (Å²) in [5.41, 5.74) is 3.23. The van der Waals surface area contributed by atoms with Gasteiger partial charge in [-0.15, -0.1) is 5.10 Å². The number of carbonyl (C=O) groups is 2. The number of methoxy groups -OCH3 is 1. The number of nitrogens with zero attached hydrogens (tertiary/aromatic N) is 5. The van der Waals surface area contributed by atoms with E-state index in [2.05, 4.69) is 15.5 Å². The maximum absolute atomic E-state index is 13.1. The molecule has 2 heterocycles. The number of rotatable bonds is 6. The zero-order chi connectivity index (χ0) is 21.3. The van der Waals surface area contributed by atoms with E-state index in [4.69, 9.17) is 4.74 Å². The number of ether oxygens (including phenoxy) is 1. The molecule has 1 aromatic heterocycles. The Hall–Kier alpha value is -3.20. The summed E-state index contributed by atoms with van der Waals surface area (Å²) >= 11 is 1.29. The number of thioether (sulfide) groups is 1. The Morgan fingerprint density at radius 2 is 1.97 bits per heavy atom. The number of tetrazole rings is 1. The van der Waals surface area contributed by atoms with Crippen LogP contribution in [0.1, 0.15) is 29.8 Å². The summed E-state index contributed by atoms with van der Waals surface area (Å²) in [6.45, 7) is 4.04. The highest BCUT2D eigenvalue weighted by molar-refractivity contribution is 8.00. The lowest BCUT2D eigenvalue weighted by atomic mass is 10.0. The van der Waals surface area contributed by atoms with Crippen molar-refractivity contribution in [2.75, 3.05) is 18.6 Å². The van der Waals surface area contributed by atoms with Gasteiger partial charge in [0, 0.05) is 24.7 Å². The summed E-state index contributed by atoms with van der Waals surface area (Å²) < 4.78 is 6.96. The third-order valence-corrected chi connectivity index (χ3v) is 6.08. The zero-order valence-electron chi connectivity index (χ0n) is 16.9. The fourth-order valence-corrected chi connectivity index (χ4v) is 4.41. The molecule has 0 bridgehead atoms. The molecule has 9 heteroatoms. The van der Waals surface area contributed by atoms with Crippen LogP contribution >= 0.6 is 11.8 Å². The van der Waals surface area contributed by atoms with E-state index in [1.54, 1.807) is 29.7 Å². The first-order chi connectivity index (χ1) is 14.5. The number of hydrogen-bond acceptors (Lipinski definition) is 7. The third-order valence-electron chi connectivity index (χ3n) is 5.05. The molecule has 0 fully saturated rings. The number of Topliss-reactive ketones (excluding diaryl/α,β-unsaturated/α-hetero) is 1. The predicted octanol–water partition coefficient (Wildman–Crippen LogP) is 2.94. The second kappa shape index (κ2) is 8.27. The van der Waals surface area contributed by atoms with Crippen LogP contribution in [-0.2, 0) is 11.2 Å². The summed E-state index contributed by atoms with van der Waals surface area (Å²) in [5, 5.41) is 12.0. The topological polar surface area (TPSA) is 90.2 Å². The minimum atomic E-state index is -0.396. The van der Waals surface area contributed by atoms with E-state index >= 15 is 0 Å². The van der Waals surface area contributed by atoms with Gasteiger partial charge in [-0.3, -0.25) is 9.59 Å². The minimum absolute atomic E-state index is 0.0138. The van der Waals surface area contributed by atoms with E-state index in [0.717, 1.165) is 17.7 Å². The summed E-state index contributed by atoms with van der Waals surface area (Å²) in [6, 6.07) is 12.9. The molecule has 4 rings (SSSR count). The van der Waals surface area contributed by atoms with Crippen LogP contribution in [0.4, 0.5) is 5.69 Å². The molecule has 30 heavy (non-hydrogen) atoms. The number of amides is 1. The van der Waals surface area contributed by atoms with Gasteiger partial charge in [0.1, 0.15) is 11.4 Å². The van der Waals surface area contributed by atoms with Crippen LogP contribution in [0.2, 0.25) is 0 Å². The number of benzene rings is 2. The highest BCUT2D eigenvalue weighted by Gasteiger charge is 2.26. The Morgan fingerprint density at radius 1 is 1.17 bits per heavy atom. The summed E-state index contributed by atoms with van der Waals surface area (Å²) in [6.07, 6.45) is 0.754. The van der Waals surface area contributed by atoms with E-state index < -0.39 is 5.25 Å². The third kappa shape index (κ3) is 3.68. The second-order valence-electron chi connectivity index (χ2n) is 6.93. The van der Waals surface area contributed by atoms with Crippen molar-refractivity contribution in [1.82, 2.24) is 20.2 Å². The molecule has 154 valence electrons. The van der Waals surface area contributed by atoms with Crippen LogP contribution in [0.15, 0.2) is 47.6 Å². The van der Waals surface area contributed by atoms with Crippen molar-refractivity contribution in [1.29, 1.82) is 0 Å². The van der Waals surface area contributed by atoms with Crippen LogP contribution in [0.25, 0.3) is 5.69 Å². The number of aromatic nitrogens is 4. The molecule has 0 saturated carbocycles. The second-order valence-corrected chi connectivity index (χ2v) is 8.24. The van der Waals surface area contributed by atoms with Gasteiger partial charge in [-0.05, 0) is 59.7 Å². The maximum Gasteiger partial charge on any atom is 0.223 e. The van der Waals surface area contributed by atoms with Crippen LogP contribution in [-0.4, -0.2) is 50.8 Å². The Bertz CT molecular complexity index is 1110. The Labute approximate surface area is 178 Å². The Kier molecular flexibility index (Phi) is 5.54. The molecule has 0 saturated heterocycles. The van der Waals surface area contributed by atoms with Gasteiger partial charge in [0.25, 0.3) is 0 Å². The van der Waals surface area contributed by atoms with E-state index in [1.807, 2.05) is 43.3 Å². The number of anilines is 1. The molecule has 2 aromatic carbocycles. The van der Waals surface area contributed by atoms with Crippen LogP contribution in [0.3, 0.4) is 0 Å². The van der Waals surface area contributed by atoms with Crippen molar-refractivity contribution < 1.29 is 14.3 Å². The van der Waals surface area contributed by atoms with Crippen molar-refractivity contribution in [2.45, 2.75) is 30.7 Å². The van der Waals surface area contributed by atoms with Crippen molar-refractivity contribution in [3.8, 4) is 11.4 Å². The van der Waals surface area contributed by atoms with E-state index in [0.29, 0.717) is 28.7 Å². The summed E-state index contributed by atoms with van der Waals surface area (Å²) in [7, 11) is 1.59. The summed E-state index contributed by atoms with van der Waals surface area (Å²) in [5.74, 6) is 0.637. The lowest BCUT2D eigenvalue weighted by Gasteiger charge is -2.15. The fraction of sp³-hybridized carbons (Fsp3) is 0.286. The maximum atomic E-state index is 13.1. The molecule has 8 nitrogen and oxygen atoms in total. The molecule has 1 amide bonds. The van der Waals surface area contributed by atoms with Gasteiger partial charge in [0.15, 0.2) is 5.78 Å². The molecular weight excluding hydrogens is 402 g/mol. The smallest absolute Gasteiger partial charge is 0.223 e. The van der Waals surface area contributed by atoms with E-state index in [-0.39, 0.29) is 11.7 Å². The molecular formula is C21H21N5O3S. The molecule has 0 spiro atoms. The molecule has 1 atom stereocenters. The van der Waals surface area contributed by atoms with Crippen LogP contribution in [0, 0.1) is 0 Å². The van der Waals surface area contributed by atoms with E-state index in [1.165, 1.54) is 11.8 Å². The number of ketones is 1. The van der Waals surface area contributed by atoms with E-state index in [9.17, 15) is 9.59 Å². The molecule has 1 aliphatic heterocycles. The number of fused-ring (bicyclic) bond motifs is 1. The minimum Gasteiger partial charge on any atom is -0.494 e. The first-order valence-corrected chi connectivity index (χ1v) is 10.4. The fourth-order valence-electron chi connectivity index (χ4n) is 3.54. The van der Waals surface area contributed by atoms with Gasteiger partial charge >= 0.3 is 0 Å². The summed E-state index contributed by atoms with van der Waals surface area (Å²) in [4.78, 5) is 26.5. The SMILES string of the molecule is COc1ccccc1-n1nnnc1S[C@@H](C)C(=O)c1ccc2c(c1)CCN2C(C)=O. The Balaban J connectivity index is 1.55. The highest BCUT2D eigenvalue weighted by Crippen LogP contribution is 2.32. The molecule has 3 aromatic rings. The van der Waals surface area contributed by atoms with Gasteiger partial charge in [-0.25, -0.2) is 0 Å². The van der Waals surface area contributed by atoms with Crippen LogP contribution in [0.5, 0.6) is 5.75 Å². The predicted molar refractivity (Wildman–Crippen MR) is 114 cm³/mol. The molecule has 0 N–H and O–H groups in total. The number of carbonyl (C=O) groups excluding carboxylic acids is 2. The largest absolute Gasteiger partial charge is 0.494 e. The first kappa shape index (κ1) is 20.1. The van der Waals surface area contributed by atoms with Crippen molar-refractivity contribution in [3.05, 3.63) is 53.6 Å². The van der Waals surface area contributed by atoms with Crippen molar-refractivity contribution in [2.24, 2.45) is 0 Å². The van der Waals surface area contributed by atoms with Gasteiger partial charge in [-0.2, -0.15) is 4.68 Å². The number of hydrogen-bond donors (Lipinski definition) is 0. The van der Waals surface area contributed by atoms with Crippen molar-refractivity contribution >= 4 is 29.1 Å². The van der Waals surface area contributed by atoms with Gasteiger partial charge in [0.05, 0.1) is 12.4 Å². The standard InChI is InChI=1S/C21H21N5O3S/c1-13(20(28)16-8-9-17-15(12-16)10-11-25(17)14(2)27)30-21-22-23-24-26(21)18-6-4-5-7-19(18)29-3/h4-9,12-13H,10-11H2,1-3H3/t13-/m0/s1. The van der Waals surface area contributed by atoms with Crippen molar-refractivity contribution in [3.63, 3.8) is 0 Å². The molecule has 1 aliphatic rings. The van der Waals surface area contributed by atoms with Gasteiger partial charge in [-0.1, -0.05) is 23.9 Å². The quantitative estimate of drug-likeness (QED) is 0.445. The molecule has 0 aliphatic carbocycles. The lowest BCUT2D eigenvalue weighted by Crippen LogP contribution is -2.25. The van der Waals surface area contributed by atoms with Gasteiger partial charge in [0.2, 0.25) is 11.1 Å². The lowest BCUT2D eigenvalue weighted by molar-refractivity contribution is -0.116.